The molecule has 2 nitrogen and oxygen atoms in total. The van der Waals surface area contributed by atoms with E-state index in [1.807, 2.05) is 0 Å². The summed E-state index contributed by atoms with van der Waals surface area (Å²) >= 11 is 5.27. The van der Waals surface area contributed by atoms with Gasteiger partial charge in [0.2, 0.25) is 0 Å². The van der Waals surface area contributed by atoms with Crippen LogP contribution in [0.3, 0.4) is 0 Å². The van der Waals surface area contributed by atoms with Crippen molar-refractivity contribution in [2.24, 2.45) is 0 Å². The normalized spacial score (nSPS) is 18.0. The van der Waals surface area contributed by atoms with Crippen molar-refractivity contribution < 1.29 is 0 Å². The summed E-state index contributed by atoms with van der Waals surface area (Å²) in [6.07, 6.45) is 2.74. The average molecular weight is 303 g/mol. The van der Waals surface area contributed by atoms with Gasteiger partial charge in [-0.3, -0.25) is 4.90 Å². The fourth-order valence-corrected chi connectivity index (χ4v) is 2.85. The molecule has 1 fully saturated rings. The molecule has 90 valence electrons. The summed E-state index contributed by atoms with van der Waals surface area (Å²) in [7, 11) is 2.20. The second-order valence-electron chi connectivity index (χ2n) is 4.71. The Morgan fingerprint density at radius 1 is 1.62 bits per heavy atom. The molecule has 1 aromatic heterocycles. The molecule has 0 radical (unpaired) electrons. The first-order valence-corrected chi connectivity index (χ1v) is 7.49. The van der Waals surface area contributed by atoms with Crippen molar-refractivity contribution in [3.05, 3.63) is 20.8 Å². The number of halogens is 1. The van der Waals surface area contributed by atoms with E-state index in [4.69, 9.17) is 0 Å². The maximum absolute atomic E-state index is 3.58. The molecule has 4 heteroatoms. The van der Waals surface area contributed by atoms with Crippen molar-refractivity contribution in [2.75, 3.05) is 13.6 Å². The Labute approximate surface area is 110 Å². The first-order valence-electron chi connectivity index (χ1n) is 5.81. The van der Waals surface area contributed by atoms with Crippen LogP contribution in [0.2, 0.25) is 0 Å². The highest BCUT2D eigenvalue weighted by Crippen LogP contribution is 2.22. The average Bonchev–Trinajstić information content (AvgIpc) is 2.99. The van der Waals surface area contributed by atoms with Gasteiger partial charge < -0.3 is 5.32 Å². The summed E-state index contributed by atoms with van der Waals surface area (Å²) in [6, 6.07) is 3.62. The van der Waals surface area contributed by atoms with Crippen molar-refractivity contribution in [2.45, 2.75) is 38.4 Å². The van der Waals surface area contributed by atoms with E-state index < -0.39 is 0 Å². The predicted octanol–water partition coefficient (Wildman–Crippen LogP) is 3.08. The lowest BCUT2D eigenvalue weighted by atomic mass is 10.2. The van der Waals surface area contributed by atoms with Crippen molar-refractivity contribution in [3.63, 3.8) is 0 Å². The molecule has 0 aliphatic heterocycles. The maximum atomic E-state index is 3.58. The Kier molecular flexibility index (Phi) is 4.41. The van der Waals surface area contributed by atoms with Crippen molar-refractivity contribution in [1.82, 2.24) is 10.2 Å². The van der Waals surface area contributed by atoms with Crippen LogP contribution in [0.4, 0.5) is 0 Å². The lowest BCUT2D eigenvalue weighted by Crippen LogP contribution is -2.38. The van der Waals surface area contributed by atoms with Gasteiger partial charge >= 0.3 is 0 Å². The van der Waals surface area contributed by atoms with E-state index in [2.05, 4.69) is 51.6 Å². The third-order valence-corrected chi connectivity index (χ3v) is 4.64. The minimum Gasteiger partial charge on any atom is -0.312 e. The number of likely N-dealkylation sites (N-methyl/N-ethyl adjacent to an activating group) is 1. The molecule has 0 spiro atoms. The van der Waals surface area contributed by atoms with Crippen molar-refractivity contribution in [1.29, 1.82) is 0 Å². The number of nitrogens with zero attached hydrogens (tertiary/aromatic N) is 1. The van der Waals surface area contributed by atoms with Gasteiger partial charge in [-0.25, -0.2) is 0 Å². The summed E-state index contributed by atoms with van der Waals surface area (Å²) in [6.45, 7) is 4.43. The summed E-state index contributed by atoms with van der Waals surface area (Å²) in [4.78, 5) is 2.41. The van der Waals surface area contributed by atoms with Crippen molar-refractivity contribution >= 4 is 27.3 Å². The van der Waals surface area contributed by atoms with Crippen LogP contribution < -0.4 is 5.32 Å². The van der Waals surface area contributed by atoms with E-state index in [-0.39, 0.29) is 0 Å². The third-order valence-electron chi connectivity index (χ3n) is 3.09. The fourth-order valence-electron chi connectivity index (χ4n) is 1.65. The molecule has 0 amide bonds. The van der Waals surface area contributed by atoms with Crippen LogP contribution in [0.15, 0.2) is 15.2 Å². The van der Waals surface area contributed by atoms with Gasteiger partial charge in [0, 0.05) is 25.2 Å². The smallest absolute Gasteiger partial charge is 0.0701 e. The SMILES string of the molecule is CC(CNC1CC1)N(C)Cc1csc(Br)c1. The number of nitrogens with one attached hydrogen (secondary N) is 1. The lowest BCUT2D eigenvalue weighted by Gasteiger charge is -2.24. The summed E-state index contributed by atoms with van der Waals surface area (Å²) in [5.41, 5.74) is 1.40. The quantitative estimate of drug-likeness (QED) is 0.869. The molecule has 1 aliphatic rings. The van der Waals surface area contributed by atoms with Crippen LogP contribution in [-0.4, -0.2) is 30.6 Å². The number of hydrogen-bond acceptors (Lipinski definition) is 3. The van der Waals surface area contributed by atoms with Gasteiger partial charge in [-0.15, -0.1) is 11.3 Å². The fraction of sp³-hybridized carbons (Fsp3) is 0.667. The van der Waals surface area contributed by atoms with E-state index in [1.54, 1.807) is 11.3 Å². The first-order chi connectivity index (χ1) is 7.65. The molecule has 16 heavy (non-hydrogen) atoms. The highest BCUT2D eigenvalue weighted by atomic mass is 79.9. The summed E-state index contributed by atoms with van der Waals surface area (Å²) < 4.78 is 1.22. The Morgan fingerprint density at radius 3 is 2.94 bits per heavy atom. The second-order valence-corrected chi connectivity index (χ2v) is 7.00. The molecule has 1 atom stereocenters. The van der Waals surface area contributed by atoms with Crippen LogP contribution in [0.1, 0.15) is 25.3 Å². The van der Waals surface area contributed by atoms with Crippen LogP contribution in [-0.2, 0) is 6.54 Å². The van der Waals surface area contributed by atoms with E-state index >= 15 is 0 Å². The van der Waals surface area contributed by atoms with Crippen LogP contribution in [0.5, 0.6) is 0 Å². The molecule has 1 N–H and O–H groups in total. The minimum absolute atomic E-state index is 0.597. The molecule has 1 unspecified atom stereocenters. The van der Waals surface area contributed by atoms with Crippen LogP contribution >= 0.6 is 27.3 Å². The van der Waals surface area contributed by atoms with Crippen molar-refractivity contribution in [3.8, 4) is 0 Å². The van der Waals surface area contributed by atoms with Gasteiger partial charge in [0.05, 0.1) is 3.79 Å². The molecular weight excluding hydrogens is 284 g/mol. The zero-order valence-corrected chi connectivity index (χ0v) is 12.3. The Morgan fingerprint density at radius 2 is 2.38 bits per heavy atom. The summed E-state index contributed by atoms with van der Waals surface area (Å²) in [5.74, 6) is 0. The molecule has 1 saturated carbocycles. The zero-order valence-electron chi connectivity index (χ0n) is 9.87. The molecule has 0 saturated heterocycles. The number of thiophene rings is 1. The molecular formula is C12H19BrN2S. The monoisotopic (exact) mass is 302 g/mol. The highest BCUT2D eigenvalue weighted by molar-refractivity contribution is 9.11. The molecule has 1 aliphatic carbocycles. The maximum Gasteiger partial charge on any atom is 0.0701 e. The van der Waals surface area contributed by atoms with E-state index in [1.165, 1.54) is 22.2 Å². The van der Waals surface area contributed by atoms with E-state index in [0.717, 1.165) is 19.1 Å². The Hall–Kier alpha value is 0.100. The largest absolute Gasteiger partial charge is 0.312 e. The molecule has 0 aromatic carbocycles. The molecule has 2 rings (SSSR count). The first kappa shape index (κ1) is 12.6. The number of hydrogen-bond donors (Lipinski definition) is 1. The summed E-state index contributed by atoms with van der Waals surface area (Å²) in [5, 5.41) is 5.80. The highest BCUT2D eigenvalue weighted by Gasteiger charge is 2.21. The third kappa shape index (κ3) is 3.84. The molecule has 1 heterocycles. The molecule has 1 aromatic rings. The van der Waals surface area contributed by atoms with Crippen LogP contribution in [0, 0.1) is 0 Å². The Bertz CT molecular complexity index is 336. The van der Waals surface area contributed by atoms with Gasteiger partial charge in [-0.05, 0) is 59.8 Å². The van der Waals surface area contributed by atoms with Gasteiger partial charge in [0.15, 0.2) is 0 Å². The second kappa shape index (κ2) is 5.63. The van der Waals surface area contributed by atoms with Gasteiger partial charge in [-0.2, -0.15) is 0 Å². The van der Waals surface area contributed by atoms with E-state index in [0.29, 0.717) is 6.04 Å². The standard InChI is InChI=1S/C12H19BrN2S/c1-9(6-14-11-3-4-11)15(2)7-10-5-12(13)16-8-10/h5,8-9,11,14H,3-4,6-7H2,1-2H3. The zero-order chi connectivity index (χ0) is 11.5. The van der Waals surface area contributed by atoms with E-state index in [9.17, 15) is 0 Å². The minimum atomic E-state index is 0.597. The topological polar surface area (TPSA) is 15.3 Å². The van der Waals surface area contributed by atoms with Gasteiger partial charge in [0.1, 0.15) is 0 Å². The van der Waals surface area contributed by atoms with Gasteiger partial charge in [0.25, 0.3) is 0 Å². The van der Waals surface area contributed by atoms with Crippen LogP contribution in [0.25, 0.3) is 0 Å². The predicted molar refractivity (Wildman–Crippen MR) is 74.0 cm³/mol. The number of rotatable bonds is 6. The lowest BCUT2D eigenvalue weighted by molar-refractivity contribution is 0.242. The Balaban J connectivity index is 1.74. The van der Waals surface area contributed by atoms with Gasteiger partial charge in [-0.1, -0.05) is 0 Å². The molecule has 0 bridgehead atoms.